The van der Waals surface area contributed by atoms with Gasteiger partial charge in [-0.25, -0.2) is 9.59 Å². The summed E-state index contributed by atoms with van der Waals surface area (Å²) in [7, 11) is 0. The maximum absolute atomic E-state index is 11.5. The van der Waals surface area contributed by atoms with Gasteiger partial charge in [0.2, 0.25) is 0 Å². The van der Waals surface area contributed by atoms with Crippen molar-refractivity contribution in [2.75, 3.05) is 13.1 Å². The highest BCUT2D eigenvalue weighted by molar-refractivity contribution is 5.86. The molecule has 1 N–H and O–H groups in total. The summed E-state index contributed by atoms with van der Waals surface area (Å²) in [5.74, 6) is 3.77. The first kappa shape index (κ1) is 13.4. The molecule has 0 saturated carbocycles. The lowest BCUT2D eigenvalue weighted by atomic mass is 9.97. The Kier molecular flexibility index (Phi) is 4.00. The lowest BCUT2D eigenvalue weighted by molar-refractivity contribution is -0.130. The topological polar surface area (TPSA) is 66.8 Å². The van der Waals surface area contributed by atoms with Crippen molar-refractivity contribution in [1.82, 2.24) is 4.90 Å². The minimum atomic E-state index is -1.12. The summed E-state index contributed by atoms with van der Waals surface area (Å²) >= 11 is 0. The Morgan fingerprint density at radius 1 is 1.41 bits per heavy atom. The van der Waals surface area contributed by atoms with Crippen molar-refractivity contribution >= 4 is 12.1 Å². The second-order valence-electron chi connectivity index (χ2n) is 5.06. The van der Waals surface area contributed by atoms with Crippen molar-refractivity contribution in [3.8, 4) is 11.8 Å². The normalized spacial score (nSPS) is 15.6. The molecule has 0 bridgehead atoms. The Hall–Kier alpha value is -1.70. The van der Waals surface area contributed by atoms with Crippen LogP contribution in [0.4, 0.5) is 4.79 Å². The minimum Gasteiger partial charge on any atom is -0.472 e. The highest BCUT2D eigenvalue weighted by Crippen LogP contribution is 2.21. The highest BCUT2D eigenvalue weighted by Gasteiger charge is 2.32. The van der Waals surface area contributed by atoms with E-state index in [-0.39, 0.29) is 12.0 Å². The third-order valence-corrected chi connectivity index (χ3v) is 2.19. The highest BCUT2D eigenvalue weighted by atomic mass is 16.6. The Labute approximate surface area is 101 Å². The van der Waals surface area contributed by atoms with E-state index in [0.717, 1.165) is 0 Å². The largest absolute Gasteiger partial charge is 0.472 e. The zero-order valence-electron chi connectivity index (χ0n) is 10.3. The van der Waals surface area contributed by atoms with Crippen LogP contribution in [-0.4, -0.2) is 40.8 Å². The summed E-state index contributed by atoms with van der Waals surface area (Å²) in [4.78, 5) is 23.3. The predicted octanol–water partition coefficient (Wildman–Crippen LogP) is 1.33. The molecule has 0 radical (unpaired) electrons. The Bertz CT molecular complexity index is 366. The number of hydrogen-bond donors (Lipinski definition) is 1. The van der Waals surface area contributed by atoms with Crippen LogP contribution in [0.3, 0.4) is 0 Å². The molecule has 0 unspecified atom stereocenters. The van der Waals surface area contributed by atoms with Gasteiger partial charge in [0.25, 0.3) is 0 Å². The van der Waals surface area contributed by atoms with Gasteiger partial charge in [0.05, 0.1) is 0 Å². The average molecular weight is 239 g/mol. The molecule has 0 aromatic carbocycles. The second-order valence-corrected chi connectivity index (χ2v) is 5.06. The first-order valence-electron chi connectivity index (χ1n) is 5.47. The number of likely N-dealkylation sites (tertiary alicyclic amines) is 1. The fourth-order valence-corrected chi connectivity index (χ4v) is 1.45. The van der Waals surface area contributed by atoms with Gasteiger partial charge in [0.15, 0.2) is 0 Å². The maximum Gasteiger partial charge on any atom is 0.410 e. The van der Waals surface area contributed by atoms with Crippen molar-refractivity contribution in [2.24, 2.45) is 5.92 Å². The molecule has 1 aliphatic heterocycles. The van der Waals surface area contributed by atoms with E-state index < -0.39 is 11.6 Å². The quantitative estimate of drug-likeness (QED) is 0.701. The molecule has 94 valence electrons. The summed E-state index contributed by atoms with van der Waals surface area (Å²) in [6.07, 6.45) is 0.186. The third-order valence-electron chi connectivity index (χ3n) is 2.19. The SMILES string of the molecule is CC(C)(C)OC(=O)N1CC(CC#CC(=O)O)C1. The predicted molar refractivity (Wildman–Crippen MR) is 61.3 cm³/mol. The summed E-state index contributed by atoms with van der Waals surface area (Å²) < 4.78 is 5.19. The Balaban J connectivity index is 2.26. The molecular weight excluding hydrogens is 222 g/mol. The van der Waals surface area contributed by atoms with Gasteiger partial charge in [-0.05, 0) is 20.8 Å². The number of carbonyl (C=O) groups excluding carboxylic acids is 1. The molecule has 5 nitrogen and oxygen atoms in total. The molecule has 1 aliphatic rings. The number of carboxylic acids is 1. The van der Waals surface area contributed by atoms with Crippen LogP contribution in [0, 0.1) is 17.8 Å². The van der Waals surface area contributed by atoms with Crippen molar-refractivity contribution in [2.45, 2.75) is 32.8 Å². The van der Waals surface area contributed by atoms with Crippen LogP contribution >= 0.6 is 0 Å². The summed E-state index contributed by atoms with van der Waals surface area (Å²) in [5.41, 5.74) is -0.481. The van der Waals surface area contributed by atoms with Crippen LogP contribution < -0.4 is 0 Å². The fourth-order valence-electron chi connectivity index (χ4n) is 1.45. The molecule has 1 heterocycles. The zero-order valence-corrected chi connectivity index (χ0v) is 10.3. The van der Waals surface area contributed by atoms with E-state index in [1.807, 2.05) is 20.8 Å². The molecule has 1 fully saturated rings. The van der Waals surface area contributed by atoms with Crippen molar-refractivity contribution in [3.05, 3.63) is 0 Å². The van der Waals surface area contributed by atoms with E-state index in [0.29, 0.717) is 19.5 Å². The first-order chi connectivity index (χ1) is 7.78. The van der Waals surface area contributed by atoms with Gasteiger partial charge in [-0.3, -0.25) is 0 Å². The van der Waals surface area contributed by atoms with Crippen LogP contribution in [0.15, 0.2) is 0 Å². The fraction of sp³-hybridized carbons (Fsp3) is 0.667. The summed E-state index contributed by atoms with van der Waals surface area (Å²) in [6, 6.07) is 0. The average Bonchev–Trinajstić information content (AvgIpc) is 2.04. The number of carboxylic acid groups (broad SMARTS) is 1. The van der Waals surface area contributed by atoms with E-state index in [2.05, 4.69) is 11.8 Å². The number of rotatable bonds is 1. The van der Waals surface area contributed by atoms with E-state index in [1.165, 1.54) is 0 Å². The number of hydrogen-bond acceptors (Lipinski definition) is 3. The van der Waals surface area contributed by atoms with E-state index in [1.54, 1.807) is 4.90 Å². The smallest absolute Gasteiger partial charge is 0.410 e. The van der Waals surface area contributed by atoms with E-state index >= 15 is 0 Å². The Morgan fingerprint density at radius 2 is 2.00 bits per heavy atom. The monoisotopic (exact) mass is 239 g/mol. The van der Waals surface area contributed by atoms with E-state index in [4.69, 9.17) is 9.84 Å². The second kappa shape index (κ2) is 5.09. The molecule has 0 atom stereocenters. The number of carbonyl (C=O) groups is 2. The molecule has 5 heteroatoms. The molecular formula is C12H17NO4. The van der Waals surface area contributed by atoms with Crippen LogP contribution in [0.1, 0.15) is 27.2 Å². The molecule has 17 heavy (non-hydrogen) atoms. The van der Waals surface area contributed by atoms with Gasteiger partial charge >= 0.3 is 12.1 Å². The van der Waals surface area contributed by atoms with Gasteiger partial charge in [0.1, 0.15) is 5.60 Å². The molecule has 1 rings (SSSR count). The van der Waals surface area contributed by atoms with Gasteiger partial charge in [-0.2, -0.15) is 0 Å². The maximum atomic E-state index is 11.5. The van der Waals surface area contributed by atoms with Crippen molar-refractivity contribution < 1.29 is 19.4 Å². The molecule has 0 spiro atoms. The van der Waals surface area contributed by atoms with Crippen molar-refractivity contribution in [3.63, 3.8) is 0 Å². The van der Waals surface area contributed by atoms with Gasteiger partial charge in [-0.15, -0.1) is 0 Å². The summed E-state index contributed by atoms with van der Waals surface area (Å²) in [6.45, 7) is 6.63. The lowest BCUT2D eigenvalue weighted by Gasteiger charge is -2.39. The van der Waals surface area contributed by atoms with Gasteiger partial charge < -0.3 is 14.7 Å². The van der Waals surface area contributed by atoms with Crippen LogP contribution in [0.5, 0.6) is 0 Å². The number of aliphatic carboxylic acids is 1. The number of ether oxygens (including phenoxy) is 1. The molecule has 1 saturated heterocycles. The van der Waals surface area contributed by atoms with E-state index in [9.17, 15) is 9.59 Å². The summed E-state index contributed by atoms with van der Waals surface area (Å²) in [5, 5.41) is 8.33. The lowest BCUT2D eigenvalue weighted by Crippen LogP contribution is -2.51. The van der Waals surface area contributed by atoms with Crippen molar-refractivity contribution in [1.29, 1.82) is 0 Å². The minimum absolute atomic E-state index is 0.259. The van der Waals surface area contributed by atoms with Crippen LogP contribution in [0.25, 0.3) is 0 Å². The number of amides is 1. The van der Waals surface area contributed by atoms with Gasteiger partial charge in [0, 0.05) is 31.3 Å². The zero-order chi connectivity index (χ0) is 13.1. The number of nitrogens with zero attached hydrogens (tertiary/aromatic N) is 1. The standard InChI is InChI=1S/C12H17NO4/c1-12(2,3)17-11(16)13-7-9(8-13)5-4-6-10(14)15/h9H,5,7-8H2,1-3H3,(H,14,15). The van der Waals surface area contributed by atoms with Crippen LogP contribution in [-0.2, 0) is 9.53 Å². The van der Waals surface area contributed by atoms with Crippen LogP contribution in [0.2, 0.25) is 0 Å². The Morgan fingerprint density at radius 3 is 2.47 bits per heavy atom. The molecule has 1 amide bonds. The van der Waals surface area contributed by atoms with Gasteiger partial charge in [-0.1, -0.05) is 5.92 Å². The molecule has 0 aromatic heterocycles. The molecule has 0 aromatic rings. The third kappa shape index (κ3) is 4.77. The first-order valence-corrected chi connectivity index (χ1v) is 5.47. The molecule has 0 aliphatic carbocycles.